The first-order chi connectivity index (χ1) is 26.1. The predicted octanol–water partition coefficient (Wildman–Crippen LogP) is 11.0. The number of aromatic nitrogens is 4. The van der Waals surface area contributed by atoms with Gasteiger partial charge < -0.3 is 0 Å². The SMILES string of the molecule is S=C=Nc1cnc(C#Cc2ccc(C3CCC(CC4CC4)CC3)c(-c3cc(C4CCC(C5CC5)CC4)ccc3C#Cc3ncc(N=C=S)cn3)c2)nc1. The van der Waals surface area contributed by atoms with Gasteiger partial charge in [-0.2, -0.15) is 9.98 Å². The molecule has 0 bridgehead atoms. The molecule has 4 fully saturated rings. The number of thiocarbonyl (C=S) groups is 2. The van der Waals surface area contributed by atoms with E-state index in [4.69, 9.17) is 24.4 Å². The van der Waals surface area contributed by atoms with Crippen molar-refractivity contribution in [2.45, 2.75) is 95.3 Å². The van der Waals surface area contributed by atoms with Crippen molar-refractivity contribution in [3.63, 3.8) is 0 Å². The van der Waals surface area contributed by atoms with Crippen molar-refractivity contribution in [2.75, 3.05) is 0 Å². The Hall–Kier alpha value is -4.68. The van der Waals surface area contributed by atoms with E-state index in [9.17, 15) is 0 Å². The summed E-state index contributed by atoms with van der Waals surface area (Å²) >= 11 is 9.46. The molecule has 0 N–H and O–H groups in total. The van der Waals surface area contributed by atoms with E-state index in [0.717, 1.165) is 34.8 Å². The quantitative estimate of drug-likeness (QED) is 0.102. The first-order valence-corrected chi connectivity index (χ1v) is 20.1. The maximum Gasteiger partial charge on any atom is 0.205 e. The van der Waals surface area contributed by atoms with Gasteiger partial charge in [-0.15, -0.1) is 0 Å². The zero-order valence-electron chi connectivity index (χ0n) is 29.9. The second kappa shape index (κ2) is 16.6. The lowest BCUT2D eigenvalue weighted by atomic mass is 9.74. The van der Waals surface area contributed by atoms with Crippen molar-refractivity contribution >= 4 is 46.1 Å². The van der Waals surface area contributed by atoms with Crippen LogP contribution in [0.4, 0.5) is 11.4 Å². The molecule has 0 atom stereocenters. The summed E-state index contributed by atoms with van der Waals surface area (Å²) in [5.41, 5.74) is 8.21. The summed E-state index contributed by atoms with van der Waals surface area (Å²) in [6.07, 6.45) is 23.9. The van der Waals surface area contributed by atoms with Crippen LogP contribution < -0.4 is 0 Å². The lowest BCUT2D eigenvalue weighted by molar-refractivity contribution is 0.296. The fourth-order valence-electron chi connectivity index (χ4n) is 8.64. The molecular weight excluding hydrogens is 689 g/mol. The van der Waals surface area contributed by atoms with Gasteiger partial charge in [-0.1, -0.05) is 36.8 Å². The number of hydrogen-bond acceptors (Lipinski definition) is 8. The summed E-state index contributed by atoms with van der Waals surface area (Å²) in [6, 6.07) is 13.7. The molecule has 0 radical (unpaired) electrons. The van der Waals surface area contributed by atoms with Crippen LogP contribution in [0.5, 0.6) is 0 Å². The van der Waals surface area contributed by atoms with Crippen LogP contribution in [0.15, 0.2) is 71.2 Å². The average Bonchev–Trinajstić information content (AvgIpc) is 4.15. The topological polar surface area (TPSA) is 76.3 Å². The summed E-state index contributed by atoms with van der Waals surface area (Å²) in [5.74, 6) is 18.9. The van der Waals surface area contributed by atoms with Gasteiger partial charge >= 0.3 is 0 Å². The molecule has 6 nitrogen and oxygen atoms in total. The fourth-order valence-corrected chi connectivity index (χ4v) is 8.85. The maximum absolute atomic E-state index is 4.74. The number of nitrogens with zero attached hydrogens (tertiary/aromatic N) is 6. The molecule has 0 amide bonds. The highest BCUT2D eigenvalue weighted by Crippen LogP contribution is 2.49. The molecule has 2 aromatic heterocycles. The molecule has 2 heterocycles. The Bertz CT molecular complexity index is 2170. The molecule has 0 unspecified atom stereocenters. The molecule has 0 saturated heterocycles. The average molecular weight is 731 g/mol. The van der Waals surface area contributed by atoms with Gasteiger partial charge in [-0.3, -0.25) is 0 Å². The summed E-state index contributed by atoms with van der Waals surface area (Å²) in [5, 5.41) is 4.73. The third kappa shape index (κ3) is 9.10. The summed E-state index contributed by atoms with van der Waals surface area (Å²) in [6.45, 7) is 0. The Labute approximate surface area is 323 Å². The first kappa shape index (κ1) is 35.4. The molecule has 4 aliphatic rings. The normalized spacial score (nSPS) is 22.2. The van der Waals surface area contributed by atoms with Crippen molar-refractivity contribution in [2.24, 2.45) is 33.7 Å². The number of aliphatic imine (C=N–C) groups is 2. The number of benzene rings is 2. The van der Waals surface area contributed by atoms with E-state index in [1.54, 1.807) is 24.8 Å². The lowest BCUT2D eigenvalue weighted by Gasteiger charge is -2.31. The van der Waals surface area contributed by atoms with E-state index in [-0.39, 0.29) is 0 Å². The van der Waals surface area contributed by atoms with E-state index in [1.165, 1.54) is 106 Å². The largest absolute Gasteiger partial charge is 0.227 e. The van der Waals surface area contributed by atoms with Crippen LogP contribution >= 0.6 is 24.4 Å². The first-order valence-electron chi connectivity index (χ1n) is 19.2. The summed E-state index contributed by atoms with van der Waals surface area (Å²) in [4.78, 5) is 25.5. The van der Waals surface area contributed by atoms with Gasteiger partial charge in [-0.25, -0.2) is 19.9 Å². The van der Waals surface area contributed by atoms with Crippen molar-refractivity contribution in [3.8, 4) is 34.8 Å². The van der Waals surface area contributed by atoms with Crippen LogP contribution in [-0.2, 0) is 0 Å². The Morgan fingerprint density at radius 1 is 0.547 bits per heavy atom. The minimum Gasteiger partial charge on any atom is -0.227 e. The van der Waals surface area contributed by atoms with Crippen LogP contribution in [-0.4, -0.2) is 30.3 Å². The molecule has 264 valence electrons. The number of isothiocyanates is 2. The van der Waals surface area contributed by atoms with Gasteiger partial charge in [0.25, 0.3) is 0 Å². The molecule has 2 aromatic carbocycles. The third-order valence-electron chi connectivity index (χ3n) is 11.8. The minimum absolute atomic E-state index is 0.436. The molecule has 8 rings (SSSR count). The lowest BCUT2D eigenvalue weighted by Crippen LogP contribution is -2.15. The van der Waals surface area contributed by atoms with Crippen LogP contribution in [0, 0.1) is 47.4 Å². The Kier molecular flexibility index (Phi) is 11.0. The summed E-state index contributed by atoms with van der Waals surface area (Å²) < 4.78 is 0. The van der Waals surface area contributed by atoms with Gasteiger partial charge in [0.05, 0.1) is 35.1 Å². The van der Waals surface area contributed by atoms with E-state index in [0.29, 0.717) is 34.9 Å². The van der Waals surface area contributed by atoms with Gasteiger partial charge in [0.15, 0.2) is 0 Å². The van der Waals surface area contributed by atoms with E-state index >= 15 is 0 Å². The van der Waals surface area contributed by atoms with E-state index in [2.05, 4.69) is 100 Å². The zero-order valence-corrected chi connectivity index (χ0v) is 31.6. The number of hydrogen-bond donors (Lipinski definition) is 0. The van der Waals surface area contributed by atoms with Gasteiger partial charge in [0.2, 0.25) is 11.6 Å². The van der Waals surface area contributed by atoms with Crippen molar-refractivity contribution in [1.29, 1.82) is 0 Å². The Morgan fingerprint density at radius 3 is 1.66 bits per heavy atom. The van der Waals surface area contributed by atoms with Gasteiger partial charge in [0.1, 0.15) is 11.4 Å². The molecule has 53 heavy (non-hydrogen) atoms. The molecular formula is C45H42N6S2. The predicted molar refractivity (Wildman–Crippen MR) is 217 cm³/mol. The van der Waals surface area contributed by atoms with Gasteiger partial charge in [0, 0.05) is 11.1 Å². The number of rotatable bonds is 8. The smallest absolute Gasteiger partial charge is 0.205 e. The monoisotopic (exact) mass is 730 g/mol. The van der Waals surface area contributed by atoms with Crippen LogP contribution in [0.2, 0.25) is 0 Å². The molecule has 8 heteroatoms. The van der Waals surface area contributed by atoms with E-state index in [1.807, 2.05) is 0 Å². The van der Waals surface area contributed by atoms with Crippen molar-refractivity contribution < 1.29 is 0 Å². The van der Waals surface area contributed by atoms with Crippen LogP contribution in [0.1, 0.15) is 129 Å². The highest BCUT2D eigenvalue weighted by Gasteiger charge is 2.35. The third-order valence-corrected chi connectivity index (χ3v) is 12.0. The fraction of sp³-hybridized carbons (Fsp3) is 0.422. The van der Waals surface area contributed by atoms with Crippen molar-refractivity contribution in [1.82, 2.24) is 19.9 Å². The van der Waals surface area contributed by atoms with Crippen molar-refractivity contribution in [3.05, 3.63) is 95.1 Å². The molecule has 4 saturated carbocycles. The zero-order chi connectivity index (χ0) is 36.0. The molecule has 4 aromatic rings. The maximum atomic E-state index is 4.74. The van der Waals surface area contributed by atoms with Gasteiger partial charge in [-0.05, 0) is 189 Å². The van der Waals surface area contributed by atoms with Crippen LogP contribution in [0.25, 0.3) is 11.1 Å². The second-order valence-corrected chi connectivity index (χ2v) is 15.8. The van der Waals surface area contributed by atoms with E-state index < -0.39 is 0 Å². The standard InChI is InChI=1S/C45H42N6S2/c52-28-50-39-24-46-44(47-25-39)19-6-32-5-18-41(36-7-3-31(4-8-36)21-30-1-2-30)43(22-32)42-23-38(35-13-11-34(12-14-35)33-9-10-33)16-15-37(42)17-20-45-48-26-40(27-49-45)51-29-53/h5,15-16,18,22-27,30-31,33-36H,1-4,7-14,21H2. The Balaban J connectivity index is 1.18. The summed E-state index contributed by atoms with van der Waals surface area (Å²) in [7, 11) is 0. The highest BCUT2D eigenvalue weighted by atomic mass is 32.1. The van der Waals surface area contributed by atoms with Crippen LogP contribution in [0.3, 0.4) is 0 Å². The highest BCUT2D eigenvalue weighted by molar-refractivity contribution is 7.78. The molecule has 0 aliphatic heterocycles. The second-order valence-electron chi connectivity index (χ2n) is 15.4. The minimum atomic E-state index is 0.436. The molecule has 0 spiro atoms. The molecule has 4 aliphatic carbocycles. The Morgan fingerprint density at radius 2 is 1.09 bits per heavy atom.